The number of rotatable bonds is 5. The molecule has 1 N–H and O–H groups in total. The Labute approximate surface area is 120 Å². The summed E-state index contributed by atoms with van der Waals surface area (Å²) in [5, 5.41) is 4.23. The van der Waals surface area contributed by atoms with Crippen LogP contribution < -0.4 is 5.32 Å². The van der Waals surface area contributed by atoms with Crippen LogP contribution in [-0.2, 0) is 6.42 Å². The maximum Gasteiger partial charge on any atom is 0.126 e. The molecule has 0 aliphatic heterocycles. The molecule has 3 heteroatoms. The van der Waals surface area contributed by atoms with Crippen LogP contribution in [0.25, 0.3) is 0 Å². The Morgan fingerprint density at radius 1 is 1.37 bits per heavy atom. The largest absolute Gasteiger partial charge is 0.314 e. The molecular weight excluding hydrogens is 261 g/mol. The summed E-state index contributed by atoms with van der Waals surface area (Å²) in [6, 6.07) is 5.49. The van der Waals surface area contributed by atoms with Crippen molar-refractivity contribution in [3.05, 3.63) is 34.6 Å². The zero-order valence-corrected chi connectivity index (χ0v) is 12.3. The van der Waals surface area contributed by atoms with Crippen molar-refractivity contribution in [1.82, 2.24) is 5.32 Å². The van der Waals surface area contributed by atoms with Gasteiger partial charge in [0.25, 0.3) is 0 Å². The van der Waals surface area contributed by atoms with E-state index in [9.17, 15) is 4.39 Å². The quantitative estimate of drug-likeness (QED) is 0.834. The first kappa shape index (κ1) is 14.8. The predicted molar refractivity (Wildman–Crippen MR) is 79.2 cm³/mol. The van der Waals surface area contributed by atoms with Gasteiger partial charge in [-0.1, -0.05) is 31.4 Å². The molecule has 106 valence electrons. The third-order valence-electron chi connectivity index (χ3n) is 3.98. The maximum absolute atomic E-state index is 13.8. The molecule has 2 unspecified atom stereocenters. The monoisotopic (exact) mass is 283 g/mol. The highest BCUT2D eigenvalue weighted by Crippen LogP contribution is 2.29. The maximum atomic E-state index is 13.8. The van der Waals surface area contributed by atoms with E-state index in [0.29, 0.717) is 17.0 Å². The average molecular weight is 284 g/mol. The molecule has 0 saturated heterocycles. The highest BCUT2D eigenvalue weighted by molar-refractivity contribution is 6.30. The smallest absolute Gasteiger partial charge is 0.126 e. The van der Waals surface area contributed by atoms with E-state index in [0.717, 1.165) is 24.9 Å². The fourth-order valence-electron chi connectivity index (χ4n) is 3.02. The lowest BCUT2D eigenvalue weighted by molar-refractivity contribution is 0.282. The molecule has 1 aromatic rings. The van der Waals surface area contributed by atoms with Gasteiger partial charge in [0.2, 0.25) is 0 Å². The molecule has 19 heavy (non-hydrogen) atoms. The number of nitrogens with one attached hydrogen (secondary N) is 1. The number of halogens is 2. The van der Waals surface area contributed by atoms with Crippen LogP contribution in [0.2, 0.25) is 5.02 Å². The molecule has 1 aliphatic rings. The fourth-order valence-corrected chi connectivity index (χ4v) is 3.22. The number of hydrogen-bond acceptors (Lipinski definition) is 1. The van der Waals surface area contributed by atoms with Gasteiger partial charge in [0.05, 0.1) is 0 Å². The van der Waals surface area contributed by atoms with Crippen LogP contribution in [0.15, 0.2) is 18.2 Å². The SMILES string of the molecule is CCCNC1CCCC(Cc2cc(Cl)ccc2F)C1. The van der Waals surface area contributed by atoms with Gasteiger partial charge in [-0.15, -0.1) is 0 Å². The van der Waals surface area contributed by atoms with E-state index < -0.39 is 0 Å². The van der Waals surface area contributed by atoms with Gasteiger partial charge in [0.1, 0.15) is 5.82 Å². The van der Waals surface area contributed by atoms with Crippen molar-refractivity contribution in [2.45, 2.75) is 51.5 Å². The van der Waals surface area contributed by atoms with Crippen LogP contribution >= 0.6 is 11.6 Å². The molecule has 1 aliphatic carbocycles. The second-order valence-corrected chi connectivity index (χ2v) is 6.06. The zero-order valence-electron chi connectivity index (χ0n) is 11.6. The van der Waals surface area contributed by atoms with Crippen LogP contribution in [0.5, 0.6) is 0 Å². The van der Waals surface area contributed by atoms with Crippen molar-refractivity contribution in [2.24, 2.45) is 5.92 Å². The first-order chi connectivity index (χ1) is 9.19. The van der Waals surface area contributed by atoms with Crippen molar-refractivity contribution in [3.8, 4) is 0 Å². The molecule has 1 saturated carbocycles. The summed E-state index contributed by atoms with van der Waals surface area (Å²) in [7, 11) is 0. The third-order valence-corrected chi connectivity index (χ3v) is 4.22. The summed E-state index contributed by atoms with van der Waals surface area (Å²) in [6.45, 7) is 3.28. The summed E-state index contributed by atoms with van der Waals surface area (Å²) in [4.78, 5) is 0. The summed E-state index contributed by atoms with van der Waals surface area (Å²) >= 11 is 5.95. The minimum Gasteiger partial charge on any atom is -0.314 e. The fraction of sp³-hybridized carbons (Fsp3) is 0.625. The van der Waals surface area contributed by atoms with Gasteiger partial charge >= 0.3 is 0 Å². The second-order valence-electron chi connectivity index (χ2n) is 5.62. The van der Waals surface area contributed by atoms with E-state index in [1.54, 1.807) is 12.1 Å². The van der Waals surface area contributed by atoms with Crippen molar-refractivity contribution < 1.29 is 4.39 Å². The van der Waals surface area contributed by atoms with Crippen LogP contribution in [0.1, 0.15) is 44.6 Å². The Morgan fingerprint density at radius 3 is 3.00 bits per heavy atom. The van der Waals surface area contributed by atoms with Crippen molar-refractivity contribution in [2.75, 3.05) is 6.54 Å². The van der Waals surface area contributed by atoms with E-state index in [1.165, 1.54) is 31.7 Å². The normalized spacial score (nSPS) is 23.5. The van der Waals surface area contributed by atoms with E-state index in [-0.39, 0.29) is 5.82 Å². The van der Waals surface area contributed by atoms with Gasteiger partial charge in [-0.3, -0.25) is 0 Å². The average Bonchev–Trinajstić information content (AvgIpc) is 2.41. The van der Waals surface area contributed by atoms with Gasteiger partial charge in [-0.25, -0.2) is 4.39 Å². The summed E-state index contributed by atoms with van der Waals surface area (Å²) in [6.07, 6.45) is 6.85. The van der Waals surface area contributed by atoms with E-state index in [1.807, 2.05) is 0 Å². The van der Waals surface area contributed by atoms with Crippen LogP contribution in [0.3, 0.4) is 0 Å². The summed E-state index contributed by atoms with van der Waals surface area (Å²) < 4.78 is 13.8. The Hall–Kier alpha value is -0.600. The summed E-state index contributed by atoms with van der Waals surface area (Å²) in [5.74, 6) is 0.462. The van der Waals surface area contributed by atoms with Crippen molar-refractivity contribution in [3.63, 3.8) is 0 Å². The molecule has 0 spiro atoms. The molecule has 0 heterocycles. The molecule has 0 aromatic heterocycles. The Balaban J connectivity index is 1.93. The molecule has 0 radical (unpaired) electrons. The van der Waals surface area contributed by atoms with Gasteiger partial charge in [-0.2, -0.15) is 0 Å². The lowest BCUT2D eigenvalue weighted by Crippen LogP contribution is -2.35. The van der Waals surface area contributed by atoms with E-state index in [4.69, 9.17) is 11.6 Å². The second kappa shape index (κ2) is 7.25. The lowest BCUT2D eigenvalue weighted by atomic mass is 9.82. The highest BCUT2D eigenvalue weighted by Gasteiger charge is 2.22. The van der Waals surface area contributed by atoms with Gasteiger partial charge in [0, 0.05) is 11.1 Å². The molecule has 1 aromatic carbocycles. The minimum absolute atomic E-state index is 0.118. The Kier molecular flexibility index (Phi) is 5.65. The van der Waals surface area contributed by atoms with Gasteiger partial charge in [0.15, 0.2) is 0 Å². The molecule has 1 nitrogen and oxygen atoms in total. The molecule has 0 amide bonds. The molecule has 1 fully saturated rings. The Bertz CT molecular complexity index is 408. The summed E-state index contributed by atoms with van der Waals surface area (Å²) in [5.41, 5.74) is 0.772. The van der Waals surface area contributed by atoms with Crippen LogP contribution in [-0.4, -0.2) is 12.6 Å². The van der Waals surface area contributed by atoms with E-state index >= 15 is 0 Å². The lowest BCUT2D eigenvalue weighted by Gasteiger charge is -2.30. The zero-order chi connectivity index (χ0) is 13.7. The number of hydrogen-bond donors (Lipinski definition) is 1. The standard InChI is InChI=1S/C16H23ClFN/c1-2-8-19-15-5-3-4-12(10-15)9-13-11-14(17)6-7-16(13)18/h6-7,11-12,15,19H,2-5,8-10H2,1H3. The van der Waals surface area contributed by atoms with Crippen LogP contribution in [0.4, 0.5) is 4.39 Å². The first-order valence-corrected chi connectivity index (χ1v) is 7.74. The van der Waals surface area contributed by atoms with Gasteiger partial charge < -0.3 is 5.32 Å². The molecular formula is C16H23ClFN. The molecule has 2 atom stereocenters. The highest BCUT2D eigenvalue weighted by atomic mass is 35.5. The van der Waals surface area contributed by atoms with E-state index in [2.05, 4.69) is 12.2 Å². The minimum atomic E-state index is -0.118. The molecule has 2 rings (SSSR count). The van der Waals surface area contributed by atoms with Crippen LogP contribution in [0, 0.1) is 11.7 Å². The Morgan fingerprint density at radius 2 is 2.21 bits per heavy atom. The predicted octanol–water partition coefficient (Wildman–Crippen LogP) is 4.58. The topological polar surface area (TPSA) is 12.0 Å². The molecule has 0 bridgehead atoms. The van der Waals surface area contributed by atoms with Crippen molar-refractivity contribution in [1.29, 1.82) is 0 Å². The number of benzene rings is 1. The third kappa shape index (κ3) is 4.47. The van der Waals surface area contributed by atoms with Gasteiger partial charge in [-0.05, 0) is 61.9 Å². The van der Waals surface area contributed by atoms with Crippen molar-refractivity contribution >= 4 is 11.6 Å². The first-order valence-electron chi connectivity index (χ1n) is 7.36.